The monoisotopic (exact) mass is 582 g/mol. The number of carboxylic acid groups (broad SMARTS) is 1. The van der Waals surface area contributed by atoms with Gasteiger partial charge in [0.1, 0.15) is 6.33 Å². The molecule has 0 saturated heterocycles. The predicted molar refractivity (Wildman–Crippen MR) is 156 cm³/mol. The summed E-state index contributed by atoms with van der Waals surface area (Å²) < 4.78 is 1.45. The Morgan fingerprint density at radius 2 is 1.83 bits per heavy atom. The largest absolute Gasteiger partial charge is 0.465 e. The Bertz CT molecular complexity index is 1790. The van der Waals surface area contributed by atoms with E-state index in [9.17, 15) is 14.4 Å². The van der Waals surface area contributed by atoms with Crippen molar-refractivity contribution in [3.63, 3.8) is 0 Å². The molecular formula is C29H23ClN8O4. The van der Waals surface area contributed by atoms with Crippen molar-refractivity contribution >= 4 is 35.4 Å². The minimum absolute atomic E-state index is 0.301. The molecule has 0 aliphatic heterocycles. The summed E-state index contributed by atoms with van der Waals surface area (Å²) in [5, 5.41) is 32.5. The predicted octanol–water partition coefficient (Wildman–Crippen LogP) is 4.27. The third kappa shape index (κ3) is 6.92. The number of carbonyl (C=O) groups is 2. The van der Waals surface area contributed by atoms with E-state index in [1.807, 2.05) is 30.3 Å². The van der Waals surface area contributed by atoms with Gasteiger partial charge in [-0.15, -0.1) is 5.10 Å². The highest BCUT2D eigenvalue weighted by Crippen LogP contribution is 2.24. The minimum Gasteiger partial charge on any atom is -0.465 e. The molecule has 2 aromatic heterocycles. The number of aromatic amines is 1. The molecule has 0 saturated carbocycles. The van der Waals surface area contributed by atoms with Crippen LogP contribution in [0.1, 0.15) is 22.7 Å². The van der Waals surface area contributed by atoms with E-state index in [1.165, 1.54) is 17.1 Å². The molecule has 3 aromatic carbocycles. The summed E-state index contributed by atoms with van der Waals surface area (Å²) in [5.74, 6) is -0.444. The summed E-state index contributed by atoms with van der Waals surface area (Å²) in [5.41, 5.74) is 3.45. The number of nitrogens with zero attached hydrogens (tertiary/aromatic N) is 5. The molecule has 5 rings (SSSR count). The van der Waals surface area contributed by atoms with Gasteiger partial charge < -0.3 is 10.4 Å². The van der Waals surface area contributed by atoms with Crippen molar-refractivity contribution in [3.05, 3.63) is 123 Å². The number of halogens is 1. The molecule has 1 atom stereocenters. The van der Waals surface area contributed by atoms with Crippen LogP contribution in [0.25, 0.3) is 23.0 Å². The highest BCUT2D eigenvalue weighted by molar-refractivity contribution is 6.30. The molecule has 5 aromatic rings. The Balaban J connectivity index is 1.44. The molecule has 0 aliphatic rings. The molecule has 0 bridgehead atoms. The first-order chi connectivity index (χ1) is 20.4. The Labute approximate surface area is 243 Å². The molecule has 1 unspecified atom stereocenters. The van der Waals surface area contributed by atoms with Gasteiger partial charge in [0.05, 0.1) is 17.4 Å². The van der Waals surface area contributed by atoms with Gasteiger partial charge in [-0.25, -0.2) is 9.89 Å². The van der Waals surface area contributed by atoms with Gasteiger partial charge in [-0.1, -0.05) is 54.1 Å². The average molecular weight is 583 g/mol. The molecule has 0 fully saturated rings. The molecule has 13 heteroatoms. The third-order valence-corrected chi connectivity index (χ3v) is 6.47. The van der Waals surface area contributed by atoms with Gasteiger partial charge in [-0.3, -0.25) is 14.9 Å². The van der Waals surface area contributed by atoms with E-state index >= 15 is 0 Å². The molecule has 2 heterocycles. The number of nitrogens with one attached hydrogen (secondary N) is 3. The second-order valence-electron chi connectivity index (χ2n) is 9.09. The van der Waals surface area contributed by atoms with E-state index in [0.717, 1.165) is 5.56 Å². The van der Waals surface area contributed by atoms with Crippen LogP contribution in [-0.4, -0.2) is 47.5 Å². The van der Waals surface area contributed by atoms with Crippen LogP contribution in [0.3, 0.4) is 0 Å². The second kappa shape index (κ2) is 12.7. The van der Waals surface area contributed by atoms with Gasteiger partial charge in [0.15, 0.2) is 0 Å². The maximum absolute atomic E-state index is 13.2. The molecule has 210 valence electrons. The van der Waals surface area contributed by atoms with E-state index in [-0.39, 0.29) is 0 Å². The van der Waals surface area contributed by atoms with E-state index in [1.54, 1.807) is 54.6 Å². The number of hydrogen-bond donors (Lipinski definition) is 4. The van der Waals surface area contributed by atoms with Gasteiger partial charge in [0.2, 0.25) is 5.91 Å². The molecule has 42 heavy (non-hydrogen) atoms. The normalized spacial score (nSPS) is 11.7. The molecule has 0 radical (unpaired) electrons. The Kier molecular flexibility index (Phi) is 8.45. The summed E-state index contributed by atoms with van der Waals surface area (Å²) in [6, 6.07) is 22.0. The van der Waals surface area contributed by atoms with Crippen molar-refractivity contribution in [1.82, 2.24) is 35.7 Å². The van der Waals surface area contributed by atoms with Crippen LogP contribution in [0.5, 0.6) is 0 Å². The fourth-order valence-electron chi connectivity index (χ4n) is 4.29. The lowest BCUT2D eigenvalue weighted by Gasteiger charge is -2.18. The van der Waals surface area contributed by atoms with Crippen LogP contribution >= 0.6 is 11.6 Å². The number of H-pyrrole nitrogens is 1. The molecule has 0 spiro atoms. The third-order valence-electron chi connectivity index (χ3n) is 6.24. The summed E-state index contributed by atoms with van der Waals surface area (Å²) in [6.07, 6.45) is 3.53. The van der Waals surface area contributed by atoms with Gasteiger partial charge in [-0.2, -0.15) is 9.78 Å². The maximum Gasteiger partial charge on any atom is 0.409 e. The maximum atomic E-state index is 13.2. The van der Waals surface area contributed by atoms with Crippen LogP contribution in [0.15, 0.2) is 96.1 Å². The van der Waals surface area contributed by atoms with Gasteiger partial charge in [0, 0.05) is 33.5 Å². The number of anilines is 1. The van der Waals surface area contributed by atoms with Crippen LogP contribution in [-0.2, 0) is 11.2 Å². The first-order valence-electron chi connectivity index (χ1n) is 12.6. The number of carbonyl (C=O) groups excluding carboxylic acids is 1. The van der Waals surface area contributed by atoms with E-state index in [4.69, 9.17) is 16.7 Å². The highest BCUT2D eigenvalue weighted by Gasteiger charge is 2.20. The zero-order chi connectivity index (χ0) is 29.5. The first kappa shape index (κ1) is 27.9. The molecular weight excluding hydrogens is 560 g/mol. The number of hydrogen-bond acceptors (Lipinski definition) is 7. The lowest BCUT2D eigenvalue weighted by atomic mass is 9.98. The molecule has 4 N–H and O–H groups in total. The summed E-state index contributed by atoms with van der Waals surface area (Å²) in [4.78, 5) is 37.1. The standard InChI is InChI=1S/C29H23ClN8O4/c30-21-9-12-26(38-17-31-36-37-38)20(15-21)8-13-27(39)33-25(14-18-4-2-1-3-5-18)23-16-24(34-35-28(23)40)19-6-10-22(11-7-19)32-29(41)42/h1-13,15-17,25,32H,14H2,(H,33,39)(H,35,40)(H,41,42). The van der Waals surface area contributed by atoms with Crippen molar-refractivity contribution in [2.24, 2.45) is 0 Å². The van der Waals surface area contributed by atoms with Crippen molar-refractivity contribution < 1.29 is 14.7 Å². The number of rotatable bonds is 9. The number of benzene rings is 3. The second-order valence-corrected chi connectivity index (χ2v) is 9.52. The van der Waals surface area contributed by atoms with E-state index in [2.05, 4.69) is 36.4 Å². The molecule has 12 nitrogen and oxygen atoms in total. The summed E-state index contributed by atoms with van der Waals surface area (Å²) in [6.45, 7) is 0. The topological polar surface area (TPSA) is 168 Å². The molecule has 0 aliphatic carbocycles. The summed E-state index contributed by atoms with van der Waals surface area (Å²) >= 11 is 6.19. The van der Waals surface area contributed by atoms with E-state index < -0.39 is 23.6 Å². The molecule has 2 amide bonds. The Hall–Kier alpha value is -5.62. The Morgan fingerprint density at radius 3 is 2.55 bits per heavy atom. The zero-order valence-corrected chi connectivity index (χ0v) is 22.6. The van der Waals surface area contributed by atoms with Crippen LogP contribution in [0.4, 0.5) is 10.5 Å². The van der Waals surface area contributed by atoms with Crippen LogP contribution in [0.2, 0.25) is 5.02 Å². The number of aromatic nitrogens is 6. The lowest BCUT2D eigenvalue weighted by molar-refractivity contribution is -0.117. The quantitative estimate of drug-likeness (QED) is 0.187. The summed E-state index contributed by atoms with van der Waals surface area (Å²) in [7, 11) is 0. The lowest BCUT2D eigenvalue weighted by Crippen LogP contribution is -2.33. The van der Waals surface area contributed by atoms with Gasteiger partial charge in [0.25, 0.3) is 5.56 Å². The highest BCUT2D eigenvalue weighted by atomic mass is 35.5. The van der Waals surface area contributed by atoms with Crippen LogP contribution < -0.4 is 16.2 Å². The first-order valence-corrected chi connectivity index (χ1v) is 13.0. The average Bonchev–Trinajstić information content (AvgIpc) is 3.52. The van der Waals surface area contributed by atoms with Gasteiger partial charge >= 0.3 is 6.09 Å². The van der Waals surface area contributed by atoms with E-state index in [0.29, 0.717) is 45.2 Å². The Morgan fingerprint density at radius 1 is 1.05 bits per heavy atom. The smallest absolute Gasteiger partial charge is 0.409 e. The fraction of sp³-hybridized carbons (Fsp3) is 0.0690. The number of amides is 2. The number of tetrazole rings is 1. The van der Waals surface area contributed by atoms with Gasteiger partial charge in [-0.05, 0) is 64.9 Å². The van der Waals surface area contributed by atoms with Crippen LogP contribution in [0, 0.1) is 0 Å². The fourth-order valence-corrected chi connectivity index (χ4v) is 4.47. The van der Waals surface area contributed by atoms with Crippen molar-refractivity contribution in [2.75, 3.05) is 5.32 Å². The minimum atomic E-state index is -1.18. The zero-order valence-electron chi connectivity index (χ0n) is 21.8. The van der Waals surface area contributed by atoms with Crippen molar-refractivity contribution in [3.8, 4) is 16.9 Å². The SMILES string of the molecule is O=C(O)Nc1ccc(-c2cc(C(Cc3ccccc3)NC(=O)C=Cc3cc(Cl)ccc3-n3cnnn3)c(=O)[nH]n2)cc1. The van der Waals surface area contributed by atoms with Crippen molar-refractivity contribution in [2.45, 2.75) is 12.5 Å². The van der Waals surface area contributed by atoms with Crippen molar-refractivity contribution in [1.29, 1.82) is 0 Å².